The van der Waals surface area contributed by atoms with Crippen molar-refractivity contribution in [2.24, 2.45) is 0 Å². The van der Waals surface area contributed by atoms with Crippen molar-refractivity contribution < 1.29 is 0 Å². The highest BCUT2D eigenvalue weighted by molar-refractivity contribution is 7.20. The van der Waals surface area contributed by atoms with E-state index >= 15 is 0 Å². The molecule has 0 N–H and O–H groups in total. The normalized spacial score (nSPS) is 14.6. The van der Waals surface area contributed by atoms with Crippen molar-refractivity contribution in [1.29, 1.82) is 0 Å². The first-order valence-electron chi connectivity index (χ1n) is 8.13. The van der Waals surface area contributed by atoms with Crippen molar-refractivity contribution >= 4 is 41.5 Å². The molecule has 0 saturated heterocycles. The summed E-state index contributed by atoms with van der Waals surface area (Å²) >= 11 is 0. The van der Waals surface area contributed by atoms with Crippen LogP contribution in [-0.4, -0.2) is 0 Å². The molecule has 24 heavy (non-hydrogen) atoms. The average molecular weight is 348 g/mol. The van der Waals surface area contributed by atoms with E-state index in [0.29, 0.717) is 0 Å². The average Bonchev–Trinajstić information content (AvgIpc) is 2.61. The quantitative estimate of drug-likeness (QED) is 0.505. The molecule has 4 heteroatoms. The highest BCUT2D eigenvalue weighted by atomic mass is 31.0. The van der Waals surface area contributed by atoms with Crippen molar-refractivity contribution in [3.63, 3.8) is 0 Å². The van der Waals surface area contributed by atoms with Gasteiger partial charge in [0.15, 0.2) is 0 Å². The predicted octanol–water partition coefficient (Wildman–Crippen LogP) is 5.35. The van der Waals surface area contributed by atoms with Gasteiger partial charge in [0.1, 0.15) is 0 Å². The molecule has 2 atom stereocenters. The smallest absolute Gasteiger partial charge is 0.0498 e. The zero-order chi connectivity index (χ0) is 16.3. The molecular formula is C20H18N2P2. The Morgan fingerprint density at radius 3 is 1.50 bits per heavy atom. The fraction of sp³-hybridized carbons (Fsp3) is 0.100. The zero-order valence-corrected chi connectivity index (χ0v) is 15.5. The molecule has 0 radical (unpaired) electrons. The van der Waals surface area contributed by atoms with E-state index in [2.05, 4.69) is 88.8 Å². The van der Waals surface area contributed by atoms with Crippen LogP contribution in [0.1, 0.15) is 22.3 Å². The lowest BCUT2D eigenvalue weighted by atomic mass is 9.90. The molecule has 3 aromatic rings. The van der Waals surface area contributed by atoms with Gasteiger partial charge in [-0.1, -0.05) is 42.5 Å². The molecule has 0 aliphatic carbocycles. The van der Waals surface area contributed by atoms with Crippen molar-refractivity contribution in [2.75, 3.05) is 9.34 Å². The number of para-hydroxylation sites is 2. The van der Waals surface area contributed by atoms with Gasteiger partial charge in [-0.25, -0.2) is 0 Å². The Morgan fingerprint density at radius 1 is 0.542 bits per heavy atom. The second-order valence-corrected chi connectivity index (χ2v) is 7.49. The van der Waals surface area contributed by atoms with E-state index in [1.807, 2.05) is 0 Å². The van der Waals surface area contributed by atoms with E-state index in [-0.39, 0.29) is 0 Å². The molecular weight excluding hydrogens is 330 g/mol. The lowest BCUT2D eigenvalue weighted by Crippen LogP contribution is -2.18. The molecule has 118 valence electrons. The van der Waals surface area contributed by atoms with Gasteiger partial charge in [0.05, 0.1) is 0 Å². The molecule has 5 rings (SSSR count). The molecule has 2 aliphatic heterocycles. The number of hydrogen-bond acceptors (Lipinski definition) is 2. The van der Waals surface area contributed by atoms with Gasteiger partial charge in [0, 0.05) is 35.6 Å². The Morgan fingerprint density at radius 2 is 1.00 bits per heavy atom. The number of fused-ring (bicyclic) bond motifs is 4. The van der Waals surface area contributed by atoms with Crippen LogP contribution in [0.25, 0.3) is 0 Å². The van der Waals surface area contributed by atoms with Crippen LogP contribution in [-0.2, 0) is 12.8 Å². The highest BCUT2D eigenvalue weighted by Gasteiger charge is 2.26. The standard InChI is InChI=1S/C20H18N2P2/c23-21-17-7-3-1-5-13(17)9-15-11-16-10-14-6-2-4-8-18(14)22(24)20(16)12-19(15)21/h1-8,11-12H,9-10,23-24H2. The van der Waals surface area contributed by atoms with Gasteiger partial charge in [-0.2, -0.15) is 0 Å². The van der Waals surface area contributed by atoms with Crippen LogP contribution in [0.15, 0.2) is 60.7 Å². The molecule has 0 fully saturated rings. The Hall–Kier alpha value is -1.88. The van der Waals surface area contributed by atoms with E-state index in [1.165, 1.54) is 45.0 Å². The topological polar surface area (TPSA) is 6.48 Å². The SMILES string of the molecule is PN1c2ccccc2Cc2cc3c(cc21)N(P)c1ccccc1C3. The molecule has 2 heterocycles. The maximum absolute atomic E-state index is 2.88. The minimum Gasteiger partial charge on any atom is -0.325 e. The third-order valence-electron chi connectivity index (χ3n) is 5.06. The number of hydrogen-bond donors (Lipinski definition) is 0. The lowest BCUT2D eigenvalue weighted by Gasteiger charge is -2.35. The van der Waals surface area contributed by atoms with Crippen LogP contribution in [0.3, 0.4) is 0 Å². The lowest BCUT2D eigenvalue weighted by molar-refractivity contribution is 1.07. The number of rotatable bonds is 0. The molecule has 2 aliphatic rings. The summed E-state index contributed by atoms with van der Waals surface area (Å²) in [5, 5.41) is 0. The Kier molecular flexibility index (Phi) is 3.20. The van der Waals surface area contributed by atoms with Gasteiger partial charge >= 0.3 is 0 Å². The molecule has 3 aromatic carbocycles. The van der Waals surface area contributed by atoms with Gasteiger partial charge in [-0.05, 0) is 59.2 Å². The van der Waals surface area contributed by atoms with Crippen LogP contribution in [0, 0.1) is 0 Å². The third-order valence-corrected chi connectivity index (χ3v) is 6.18. The minimum atomic E-state index is 1.00. The summed E-state index contributed by atoms with van der Waals surface area (Å²) in [6.07, 6.45) is 2.00. The van der Waals surface area contributed by atoms with Gasteiger partial charge in [-0.15, -0.1) is 0 Å². The van der Waals surface area contributed by atoms with Crippen LogP contribution in [0.4, 0.5) is 22.7 Å². The predicted molar refractivity (Wildman–Crippen MR) is 109 cm³/mol. The maximum atomic E-state index is 2.88. The Bertz CT molecular complexity index is 893. The van der Waals surface area contributed by atoms with E-state index < -0.39 is 0 Å². The third kappa shape index (κ3) is 2.04. The molecule has 2 nitrogen and oxygen atoms in total. The van der Waals surface area contributed by atoms with E-state index in [0.717, 1.165) is 12.8 Å². The summed E-state index contributed by atoms with van der Waals surface area (Å²) in [5.74, 6) is 0. The largest absolute Gasteiger partial charge is 0.325 e. The van der Waals surface area contributed by atoms with Gasteiger partial charge in [0.25, 0.3) is 0 Å². The van der Waals surface area contributed by atoms with Crippen LogP contribution in [0.2, 0.25) is 0 Å². The number of anilines is 4. The summed E-state index contributed by atoms with van der Waals surface area (Å²) in [4.78, 5) is 0. The summed E-state index contributed by atoms with van der Waals surface area (Å²) in [6, 6.07) is 22.0. The van der Waals surface area contributed by atoms with Gasteiger partial charge in [-0.3, -0.25) is 0 Å². The first-order valence-corrected chi connectivity index (χ1v) is 9.17. The molecule has 0 aromatic heterocycles. The fourth-order valence-electron chi connectivity index (χ4n) is 3.87. The van der Waals surface area contributed by atoms with Crippen molar-refractivity contribution in [3.05, 3.63) is 82.9 Å². The molecule has 0 saturated carbocycles. The maximum Gasteiger partial charge on any atom is 0.0498 e. The Balaban J connectivity index is 1.67. The first-order chi connectivity index (χ1) is 11.7. The Labute approximate surface area is 147 Å². The van der Waals surface area contributed by atoms with Crippen molar-refractivity contribution in [3.8, 4) is 0 Å². The molecule has 0 bridgehead atoms. The van der Waals surface area contributed by atoms with Crippen LogP contribution < -0.4 is 9.34 Å². The number of benzene rings is 3. The van der Waals surface area contributed by atoms with Crippen molar-refractivity contribution in [1.82, 2.24) is 0 Å². The highest BCUT2D eigenvalue weighted by Crippen LogP contribution is 2.48. The second-order valence-electron chi connectivity index (χ2n) is 6.46. The molecule has 0 amide bonds. The van der Waals surface area contributed by atoms with Crippen LogP contribution >= 0.6 is 18.8 Å². The van der Waals surface area contributed by atoms with E-state index in [1.54, 1.807) is 0 Å². The van der Waals surface area contributed by atoms with E-state index in [9.17, 15) is 0 Å². The number of nitrogens with zero attached hydrogens (tertiary/aromatic N) is 2. The summed E-state index contributed by atoms with van der Waals surface area (Å²) in [5.41, 5.74) is 10.7. The fourth-order valence-corrected chi connectivity index (χ4v) is 4.85. The summed E-state index contributed by atoms with van der Waals surface area (Å²) in [6.45, 7) is 0. The van der Waals surface area contributed by atoms with Crippen LogP contribution in [0.5, 0.6) is 0 Å². The zero-order valence-electron chi connectivity index (χ0n) is 13.2. The monoisotopic (exact) mass is 348 g/mol. The van der Waals surface area contributed by atoms with Crippen molar-refractivity contribution in [2.45, 2.75) is 12.8 Å². The van der Waals surface area contributed by atoms with Gasteiger partial charge < -0.3 is 9.34 Å². The summed E-state index contributed by atoms with van der Waals surface area (Å²) in [7, 11) is 5.77. The summed E-state index contributed by atoms with van der Waals surface area (Å²) < 4.78 is 4.49. The molecule has 2 unspecified atom stereocenters. The molecule has 0 spiro atoms. The minimum absolute atomic E-state index is 1.00. The van der Waals surface area contributed by atoms with E-state index in [4.69, 9.17) is 0 Å². The first kappa shape index (κ1) is 14.5. The van der Waals surface area contributed by atoms with Gasteiger partial charge in [0.2, 0.25) is 0 Å². The second kappa shape index (κ2) is 5.31.